The largest absolute Gasteiger partial charge is 0.298 e. The summed E-state index contributed by atoms with van der Waals surface area (Å²) in [5.74, 6) is 0. The van der Waals surface area contributed by atoms with Crippen LogP contribution >= 0.6 is 0 Å². The van der Waals surface area contributed by atoms with Gasteiger partial charge in [0.05, 0.1) is 34.6 Å². The number of fused-ring (bicyclic) bond motifs is 1. The number of rotatable bonds is 5. The molecule has 0 fully saturated rings. The highest BCUT2D eigenvalue weighted by atomic mass is 32.2. The zero-order chi connectivity index (χ0) is 21.1. The molecule has 0 N–H and O–H groups in total. The molecule has 0 atom stereocenters. The third-order valence-electron chi connectivity index (χ3n) is 4.49. The van der Waals surface area contributed by atoms with Gasteiger partial charge in [-0.05, 0) is 36.4 Å². The summed E-state index contributed by atoms with van der Waals surface area (Å²) in [6.45, 7) is 0. The Bertz CT molecular complexity index is 1390. The van der Waals surface area contributed by atoms with Crippen molar-refractivity contribution in [3.63, 3.8) is 0 Å². The van der Waals surface area contributed by atoms with Gasteiger partial charge in [0.2, 0.25) is 0 Å². The number of nitrogens with zero attached hydrogens (tertiary/aromatic N) is 6. The first-order valence-electron chi connectivity index (χ1n) is 8.89. The Morgan fingerprint density at radius 1 is 1.13 bits per heavy atom. The number of sulfonamides is 1. The number of hydrazone groups is 1. The predicted molar refractivity (Wildman–Crippen MR) is 112 cm³/mol. The molecule has 0 aliphatic heterocycles. The van der Waals surface area contributed by atoms with E-state index in [-0.39, 0.29) is 10.5 Å². The first kappa shape index (κ1) is 19.3. The van der Waals surface area contributed by atoms with Gasteiger partial charge in [-0.3, -0.25) is 9.38 Å². The van der Waals surface area contributed by atoms with Crippen LogP contribution in [0.2, 0.25) is 0 Å². The molecule has 3 heterocycles. The molecule has 1 aromatic carbocycles. The molecule has 4 rings (SSSR count). The van der Waals surface area contributed by atoms with E-state index in [4.69, 9.17) is 5.26 Å². The summed E-state index contributed by atoms with van der Waals surface area (Å²) >= 11 is 0. The third kappa shape index (κ3) is 3.64. The molecule has 0 saturated heterocycles. The summed E-state index contributed by atoms with van der Waals surface area (Å²) < 4.78 is 28.2. The Morgan fingerprint density at radius 3 is 2.77 bits per heavy atom. The molecule has 0 aliphatic carbocycles. The van der Waals surface area contributed by atoms with Crippen LogP contribution in [0.25, 0.3) is 16.8 Å². The Labute approximate surface area is 173 Å². The van der Waals surface area contributed by atoms with Gasteiger partial charge in [-0.25, -0.2) is 4.98 Å². The van der Waals surface area contributed by atoms with E-state index < -0.39 is 10.0 Å². The number of hydrogen-bond acceptors (Lipinski definition) is 6. The topological polar surface area (TPSA) is 104 Å². The summed E-state index contributed by atoms with van der Waals surface area (Å²) in [4.78, 5) is 8.46. The highest BCUT2D eigenvalue weighted by molar-refractivity contribution is 7.89. The molecule has 0 aliphatic rings. The second-order valence-electron chi connectivity index (χ2n) is 6.39. The molecule has 148 valence electrons. The van der Waals surface area contributed by atoms with Gasteiger partial charge in [-0.2, -0.15) is 23.2 Å². The van der Waals surface area contributed by atoms with E-state index in [2.05, 4.69) is 15.1 Å². The van der Waals surface area contributed by atoms with Crippen LogP contribution in [-0.4, -0.2) is 40.5 Å². The van der Waals surface area contributed by atoms with E-state index in [1.54, 1.807) is 24.7 Å². The molecule has 0 spiro atoms. The minimum Gasteiger partial charge on any atom is -0.298 e. The second-order valence-corrected chi connectivity index (χ2v) is 8.34. The zero-order valence-electron chi connectivity index (χ0n) is 15.9. The SMILES string of the molecule is CN(N=Cc1cnc2ccc(-c3cccnc3)cn12)S(=O)(=O)c1cccc(C#N)c1. The maximum Gasteiger partial charge on any atom is 0.278 e. The number of aromatic nitrogens is 3. The number of hydrogen-bond donors (Lipinski definition) is 0. The molecule has 0 bridgehead atoms. The van der Waals surface area contributed by atoms with Crippen LogP contribution in [0, 0.1) is 11.3 Å². The minimum atomic E-state index is -3.88. The fourth-order valence-corrected chi connectivity index (χ4v) is 3.88. The summed E-state index contributed by atoms with van der Waals surface area (Å²) in [5, 5.41) is 13.1. The highest BCUT2D eigenvalue weighted by Crippen LogP contribution is 2.20. The molecule has 4 aromatic rings. The molecular formula is C21H16N6O2S. The van der Waals surface area contributed by atoms with Crippen LogP contribution in [0.4, 0.5) is 0 Å². The maximum atomic E-state index is 12.7. The standard InChI is InChI=1S/C21H16N6O2S/c1-26(30(28,29)20-6-2-4-16(10-20)11-22)25-14-19-13-24-21-8-7-18(15-27(19)21)17-5-3-9-23-12-17/h2-10,12-15H,1H3. The van der Waals surface area contributed by atoms with Crippen molar-refractivity contribution in [1.29, 1.82) is 5.26 Å². The highest BCUT2D eigenvalue weighted by Gasteiger charge is 2.19. The molecule has 0 amide bonds. The molecule has 0 unspecified atom stereocenters. The Balaban J connectivity index is 1.65. The van der Waals surface area contributed by atoms with Crippen molar-refractivity contribution in [2.45, 2.75) is 4.90 Å². The van der Waals surface area contributed by atoms with Crippen molar-refractivity contribution in [2.75, 3.05) is 7.05 Å². The van der Waals surface area contributed by atoms with Crippen molar-refractivity contribution in [2.24, 2.45) is 5.10 Å². The van der Waals surface area contributed by atoms with Gasteiger partial charge >= 0.3 is 0 Å². The summed E-state index contributed by atoms with van der Waals surface area (Å²) in [7, 11) is -2.54. The summed E-state index contributed by atoms with van der Waals surface area (Å²) in [5.41, 5.74) is 3.48. The van der Waals surface area contributed by atoms with Crippen molar-refractivity contribution < 1.29 is 8.42 Å². The lowest BCUT2D eigenvalue weighted by molar-refractivity contribution is 0.491. The van der Waals surface area contributed by atoms with Crippen LogP contribution in [0.1, 0.15) is 11.3 Å². The van der Waals surface area contributed by atoms with Crippen LogP contribution in [0.3, 0.4) is 0 Å². The van der Waals surface area contributed by atoms with E-state index in [0.29, 0.717) is 11.3 Å². The van der Waals surface area contributed by atoms with Crippen LogP contribution in [-0.2, 0) is 10.0 Å². The number of nitriles is 1. The van der Waals surface area contributed by atoms with Crippen molar-refractivity contribution in [1.82, 2.24) is 18.8 Å². The van der Waals surface area contributed by atoms with Crippen LogP contribution < -0.4 is 0 Å². The van der Waals surface area contributed by atoms with Crippen molar-refractivity contribution in [3.8, 4) is 17.2 Å². The van der Waals surface area contributed by atoms with Gasteiger partial charge in [-0.1, -0.05) is 12.1 Å². The summed E-state index contributed by atoms with van der Waals surface area (Å²) in [6, 6.07) is 15.4. The number of imidazole rings is 1. The van der Waals surface area contributed by atoms with Gasteiger partial charge in [0.1, 0.15) is 5.65 Å². The molecule has 3 aromatic heterocycles. The minimum absolute atomic E-state index is 0.00166. The fourth-order valence-electron chi connectivity index (χ4n) is 2.88. The van der Waals surface area contributed by atoms with E-state index >= 15 is 0 Å². The van der Waals surface area contributed by atoms with E-state index in [1.165, 1.54) is 31.5 Å². The van der Waals surface area contributed by atoms with Crippen molar-refractivity contribution in [3.05, 3.63) is 84.6 Å². The smallest absolute Gasteiger partial charge is 0.278 e. The van der Waals surface area contributed by atoms with Crippen LogP contribution in [0.15, 0.2) is 83.3 Å². The number of pyridine rings is 2. The first-order chi connectivity index (χ1) is 14.5. The molecule has 9 heteroatoms. The monoisotopic (exact) mass is 416 g/mol. The molecule has 30 heavy (non-hydrogen) atoms. The Hall–Kier alpha value is -4.03. The normalized spacial score (nSPS) is 11.6. The predicted octanol–water partition coefficient (Wildman–Crippen LogP) is 2.92. The fraction of sp³-hybridized carbons (Fsp3) is 0.0476. The molecule has 0 radical (unpaired) electrons. The lowest BCUT2D eigenvalue weighted by Gasteiger charge is -2.13. The second kappa shape index (κ2) is 7.77. The quantitative estimate of drug-likeness (QED) is 0.368. The molecule has 8 nitrogen and oxygen atoms in total. The lowest BCUT2D eigenvalue weighted by atomic mass is 10.1. The molecular weight excluding hydrogens is 400 g/mol. The van der Waals surface area contributed by atoms with Gasteiger partial charge in [-0.15, -0.1) is 0 Å². The van der Waals surface area contributed by atoms with Gasteiger partial charge in [0, 0.05) is 36.8 Å². The molecule has 0 saturated carbocycles. The number of benzene rings is 1. The zero-order valence-corrected chi connectivity index (χ0v) is 16.7. The first-order valence-corrected chi connectivity index (χ1v) is 10.3. The average Bonchev–Trinajstić information content (AvgIpc) is 3.20. The van der Waals surface area contributed by atoms with Gasteiger partial charge in [0.25, 0.3) is 10.0 Å². The van der Waals surface area contributed by atoms with E-state index in [0.717, 1.165) is 15.5 Å². The van der Waals surface area contributed by atoms with Crippen LogP contribution in [0.5, 0.6) is 0 Å². The lowest BCUT2D eigenvalue weighted by Crippen LogP contribution is -2.22. The van der Waals surface area contributed by atoms with E-state index in [9.17, 15) is 8.42 Å². The van der Waals surface area contributed by atoms with Gasteiger partial charge in [0.15, 0.2) is 0 Å². The van der Waals surface area contributed by atoms with Gasteiger partial charge < -0.3 is 0 Å². The Kier molecular flexibility index (Phi) is 5.00. The van der Waals surface area contributed by atoms with E-state index in [1.807, 2.05) is 40.9 Å². The summed E-state index contributed by atoms with van der Waals surface area (Å²) in [6.07, 6.45) is 8.41. The van der Waals surface area contributed by atoms with Crippen molar-refractivity contribution >= 4 is 21.9 Å². The Morgan fingerprint density at radius 2 is 2.00 bits per heavy atom. The third-order valence-corrected chi connectivity index (χ3v) is 6.13. The maximum absolute atomic E-state index is 12.7. The average molecular weight is 416 g/mol.